The summed E-state index contributed by atoms with van der Waals surface area (Å²) in [4.78, 5) is 27.3. The monoisotopic (exact) mass is 491 g/mol. The Morgan fingerprint density at radius 1 is 1.11 bits per heavy atom. The molecule has 0 aromatic heterocycles. The molecule has 0 saturated carbocycles. The summed E-state index contributed by atoms with van der Waals surface area (Å²) in [6.07, 6.45) is -0.451. The summed E-state index contributed by atoms with van der Waals surface area (Å²) in [7, 11) is 3.27. The van der Waals surface area contributed by atoms with E-state index in [4.69, 9.17) is 4.74 Å². The van der Waals surface area contributed by atoms with E-state index in [-0.39, 0.29) is 29.9 Å². The molecule has 0 heterocycles. The summed E-state index contributed by atoms with van der Waals surface area (Å²) < 4.78 is 5.16. The molecule has 1 rings (SSSR count). The van der Waals surface area contributed by atoms with Crippen molar-refractivity contribution in [3.05, 3.63) is 35.4 Å². The Morgan fingerprint density at radius 3 is 2.37 bits per heavy atom. The average Bonchev–Trinajstić information content (AvgIpc) is 2.59. The van der Waals surface area contributed by atoms with Gasteiger partial charge in [0.1, 0.15) is 5.60 Å². The van der Waals surface area contributed by atoms with Gasteiger partial charge in [0.05, 0.1) is 0 Å². The van der Waals surface area contributed by atoms with Gasteiger partial charge in [-0.15, -0.1) is 24.0 Å². The predicted octanol–water partition coefficient (Wildman–Crippen LogP) is 1.85. The normalized spacial score (nSPS) is 11.1. The second kappa shape index (κ2) is 12.4. The van der Waals surface area contributed by atoms with Gasteiger partial charge in [-0.05, 0) is 38.5 Å². The van der Waals surface area contributed by atoms with Crippen LogP contribution in [0.15, 0.2) is 29.3 Å². The zero-order chi connectivity index (χ0) is 19.6. The summed E-state index contributed by atoms with van der Waals surface area (Å²) in [5.74, 6) is 0.476. The molecule has 0 aliphatic carbocycles. The Morgan fingerprint density at radius 2 is 1.78 bits per heavy atom. The Kier molecular flexibility index (Phi) is 11.4. The quantitative estimate of drug-likeness (QED) is 0.211. The van der Waals surface area contributed by atoms with Gasteiger partial charge in [0.2, 0.25) is 0 Å². The standard InChI is InChI=1S/C18H29N5O3.HI/c1-18(2,3)26-17(25)22-10-9-21-16(20-5)23-12-13-7-6-8-14(11-13)15(24)19-4;/h6-8,11H,9-10,12H2,1-5H3,(H,19,24)(H,22,25)(H2,20,21,23);1H. The van der Waals surface area contributed by atoms with Crippen molar-refractivity contribution >= 4 is 41.9 Å². The molecule has 1 aromatic rings. The highest BCUT2D eigenvalue weighted by atomic mass is 127. The molecule has 0 atom stereocenters. The zero-order valence-electron chi connectivity index (χ0n) is 16.5. The summed E-state index contributed by atoms with van der Waals surface area (Å²) in [6.45, 7) is 6.87. The van der Waals surface area contributed by atoms with E-state index in [9.17, 15) is 9.59 Å². The number of amides is 2. The van der Waals surface area contributed by atoms with Gasteiger partial charge in [0, 0.05) is 39.3 Å². The molecular formula is C18H30IN5O3. The van der Waals surface area contributed by atoms with Gasteiger partial charge in [-0.25, -0.2) is 4.79 Å². The Balaban J connectivity index is 0.00000676. The maximum atomic E-state index is 11.7. The third-order valence-electron chi connectivity index (χ3n) is 3.19. The van der Waals surface area contributed by atoms with Crippen LogP contribution in [0.4, 0.5) is 4.79 Å². The average molecular weight is 491 g/mol. The van der Waals surface area contributed by atoms with Gasteiger partial charge < -0.3 is 26.0 Å². The van der Waals surface area contributed by atoms with E-state index in [1.54, 1.807) is 20.2 Å². The van der Waals surface area contributed by atoms with Crippen molar-refractivity contribution in [2.45, 2.75) is 32.9 Å². The van der Waals surface area contributed by atoms with Crippen molar-refractivity contribution in [2.24, 2.45) is 4.99 Å². The van der Waals surface area contributed by atoms with Crippen LogP contribution in [0.3, 0.4) is 0 Å². The van der Waals surface area contributed by atoms with Crippen LogP contribution in [0.25, 0.3) is 0 Å². The summed E-state index contributed by atoms with van der Waals surface area (Å²) >= 11 is 0. The van der Waals surface area contributed by atoms with Crippen molar-refractivity contribution in [1.29, 1.82) is 0 Å². The highest BCUT2D eigenvalue weighted by Crippen LogP contribution is 2.06. The molecule has 0 fully saturated rings. The number of carbonyl (C=O) groups is 2. The number of rotatable bonds is 6. The Hall–Kier alpha value is -2.04. The lowest BCUT2D eigenvalue weighted by Gasteiger charge is -2.20. The SMILES string of the molecule is CN=C(NCCNC(=O)OC(C)(C)C)NCc1cccc(C(=O)NC)c1.I. The maximum Gasteiger partial charge on any atom is 0.407 e. The molecule has 0 radical (unpaired) electrons. The fraction of sp³-hybridized carbons (Fsp3) is 0.500. The number of hydrogen-bond acceptors (Lipinski definition) is 4. The number of aliphatic imine (C=N–C) groups is 1. The smallest absolute Gasteiger partial charge is 0.407 e. The second-order valence-corrected chi connectivity index (χ2v) is 6.56. The van der Waals surface area contributed by atoms with E-state index in [0.29, 0.717) is 31.2 Å². The third kappa shape index (κ3) is 10.6. The van der Waals surface area contributed by atoms with Gasteiger partial charge in [-0.1, -0.05) is 12.1 Å². The first kappa shape index (κ1) is 25.0. The number of ether oxygens (including phenoxy) is 1. The first-order valence-corrected chi connectivity index (χ1v) is 8.47. The molecule has 2 amide bonds. The predicted molar refractivity (Wildman–Crippen MR) is 118 cm³/mol. The van der Waals surface area contributed by atoms with Gasteiger partial charge in [0.25, 0.3) is 5.91 Å². The van der Waals surface area contributed by atoms with E-state index in [1.165, 1.54) is 0 Å². The highest BCUT2D eigenvalue weighted by Gasteiger charge is 2.15. The second-order valence-electron chi connectivity index (χ2n) is 6.56. The lowest BCUT2D eigenvalue weighted by Crippen LogP contribution is -2.42. The van der Waals surface area contributed by atoms with Crippen LogP contribution in [0.2, 0.25) is 0 Å². The molecule has 0 unspecified atom stereocenters. The van der Waals surface area contributed by atoms with Gasteiger partial charge in [0.15, 0.2) is 5.96 Å². The molecule has 0 saturated heterocycles. The van der Waals surface area contributed by atoms with E-state index >= 15 is 0 Å². The van der Waals surface area contributed by atoms with Crippen LogP contribution in [-0.4, -0.2) is 50.7 Å². The molecule has 0 aliphatic heterocycles. The lowest BCUT2D eigenvalue weighted by atomic mass is 10.1. The van der Waals surface area contributed by atoms with Crippen molar-refractivity contribution in [2.75, 3.05) is 27.2 Å². The van der Waals surface area contributed by atoms with Crippen LogP contribution < -0.4 is 21.3 Å². The van der Waals surface area contributed by atoms with Crippen LogP contribution in [0.1, 0.15) is 36.7 Å². The highest BCUT2D eigenvalue weighted by molar-refractivity contribution is 14.0. The van der Waals surface area contributed by atoms with E-state index in [1.807, 2.05) is 39.0 Å². The van der Waals surface area contributed by atoms with E-state index in [0.717, 1.165) is 5.56 Å². The minimum atomic E-state index is -0.516. The molecule has 0 spiro atoms. The van der Waals surface area contributed by atoms with Gasteiger partial charge in [-0.2, -0.15) is 0 Å². The number of nitrogens with one attached hydrogen (secondary N) is 4. The molecule has 0 aliphatic rings. The molecule has 8 nitrogen and oxygen atoms in total. The van der Waals surface area contributed by atoms with Crippen LogP contribution >= 0.6 is 24.0 Å². The number of hydrogen-bond donors (Lipinski definition) is 4. The van der Waals surface area contributed by atoms with Gasteiger partial charge >= 0.3 is 6.09 Å². The number of halogens is 1. The summed E-state index contributed by atoms with van der Waals surface area (Å²) in [5, 5.41) is 11.5. The van der Waals surface area contributed by atoms with Crippen LogP contribution in [-0.2, 0) is 11.3 Å². The van der Waals surface area contributed by atoms with Crippen LogP contribution in [0, 0.1) is 0 Å². The molecule has 1 aromatic carbocycles. The Bertz CT molecular complexity index is 644. The first-order valence-electron chi connectivity index (χ1n) is 8.47. The first-order chi connectivity index (χ1) is 12.2. The van der Waals surface area contributed by atoms with Crippen LogP contribution in [0.5, 0.6) is 0 Å². The van der Waals surface area contributed by atoms with Crippen molar-refractivity contribution in [3.8, 4) is 0 Å². The minimum absolute atomic E-state index is 0. The maximum absolute atomic E-state index is 11.7. The van der Waals surface area contributed by atoms with E-state index in [2.05, 4.69) is 26.3 Å². The van der Waals surface area contributed by atoms with E-state index < -0.39 is 11.7 Å². The molecule has 4 N–H and O–H groups in total. The number of carbonyl (C=O) groups excluding carboxylic acids is 2. The van der Waals surface area contributed by atoms with Crippen molar-refractivity contribution in [1.82, 2.24) is 21.3 Å². The zero-order valence-corrected chi connectivity index (χ0v) is 18.8. The van der Waals surface area contributed by atoms with Crippen molar-refractivity contribution in [3.63, 3.8) is 0 Å². The summed E-state index contributed by atoms with van der Waals surface area (Å²) in [6, 6.07) is 7.35. The van der Waals surface area contributed by atoms with Gasteiger partial charge in [-0.3, -0.25) is 9.79 Å². The number of benzene rings is 1. The number of nitrogens with zero attached hydrogens (tertiary/aromatic N) is 1. The van der Waals surface area contributed by atoms with Crippen molar-refractivity contribution < 1.29 is 14.3 Å². The third-order valence-corrected chi connectivity index (χ3v) is 3.19. The molecule has 27 heavy (non-hydrogen) atoms. The fourth-order valence-electron chi connectivity index (χ4n) is 2.03. The largest absolute Gasteiger partial charge is 0.444 e. The number of alkyl carbamates (subject to hydrolysis) is 1. The fourth-order valence-corrected chi connectivity index (χ4v) is 2.03. The summed E-state index contributed by atoms with van der Waals surface area (Å²) in [5.41, 5.74) is 1.05. The number of guanidine groups is 1. The Labute approximate surface area is 177 Å². The lowest BCUT2D eigenvalue weighted by molar-refractivity contribution is 0.0528. The molecular weight excluding hydrogens is 461 g/mol. The molecule has 152 valence electrons. The topological polar surface area (TPSA) is 104 Å². The molecule has 0 bridgehead atoms. The molecule has 9 heteroatoms. The minimum Gasteiger partial charge on any atom is -0.444 e.